The first-order chi connectivity index (χ1) is 13.9. The van der Waals surface area contributed by atoms with Gasteiger partial charge in [-0.3, -0.25) is 4.79 Å². The summed E-state index contributed by atoms with van der Waals surface area (Å²) in [5, 5.41) is 4.53. The van der Waals surface area contributed by atoms with Crippen LogP contribution in [0, 0.1) is 6.92 Å². The van der Waals surface area contributed by atoms with Gasteiger partial charge in [0.1, 0.15) is 17.2 Å². The summed E-state index contributed by atoms with van der Waals surface area (Å²) in [7, 11) is 0. The van der Waals surface area contributed by atoms with Gasteiger partial charge in [0.25, 0.3) is 5.91 Å². The van der Waals surface area contributed by atoms with Crippen LogP contribution in [-0.4, -0.2) is 17.5 Å². The lowest BCUT2D eigenvalue weighted by atomic mass is 10.1. The van der Waals surface area contributed by atoms with Crippen molar-refractivity contribution in [1.82, 2.24) is 4.98 Å². The zero-order valence-electron chi connectivity index (χ0n) is 15.2. The number of aromatic nitrogens is 1. The van der Waals surface area contributed by atoms with E-state index < -0.39 is 11.5 Å². The number of hydrogen-bond donors (Lipinski definition) is 1. The number of carbonyl (C=O) groups excluding carboxylic acids is 1. The molecule has 0 saturated carbocycles. The lowest BCUT2D eigenvalue weighted by Crippen LogP contribution is -2.21. The van der Waals surface area contributed by atoms with Gasteiger partial charge >= 0.3 is 5.63 Å². The van der Waals surface area contributed by atoms with Gasteiger partial charge in [0, 0.05) is 10.4 Å². The van der Waals surface area contributed by atoms with E-state index in [-0.39, 0.29) is 6.61 Å². The third-order valence-corrected chi connectivity index (χ3v) is 4.82. The number of halogens is 2. The molecule has 0 fully saturated rings. The largest absolute Gasteiger partial charge is 0.482 e. The molecule has 29 heavy (non-hydrogen) atoms. The molecule has 1 N–H and O–H groups in total. The van der Waals surface area contributed by atoms with Crippen LogP contribution in [0.1, 0.15) is 5.56 Å². The fourth-order valence-corrected chi connectivity index (χ4v) is 3.47. The summed E-state index contributed by atoms with van der Waals surface area (Å²) in [6.45, 7) is 1.49. The summed E-state index contributed by atoms with van der Waals surface area (Å²) in [5.74, 6) is 0.230. The summed E-state index contributed by atoms with van der Waals surface area (Å²) >= 11 is 11.9. The first-order valence-electron chi connectivity index (χ1n) is 8.63. The number of rotatable bonds is 4. The number of aryl methyl sites for hydroxylation is 1. The molecular formula is C21H14Cl2N2O4. The molecule has 0 aliphatic carbocycles. The number of anilines is 1. The fraction of sp³-hybridized carbons (Fsp3) is 0.0952. The molecule has 4 aromatic rings. The number of carbonyl (C=O) groups is 1. The van der Waals surface area contributed by atoms with E-state index in [4.69, 9.17) is 32.4 Å². The standard InChI is InChI=1S/C21H14Cl2N2O4/c1-11-8-17(24-18(26)10-28-16-7-6-12(22)9-14(16)23)25-20-13-4-2-3-5-15(13)29-21(27)19(11)20/h2-9H,10H2,1H3,(H,24,25,26). The number of ether oxygens (including phenoxy) is 1. The normalized spacial score (nSPS) is 11.0. The number of benzene rings is 2. The molecule has 0 aliphatic rings. The van der Waals surface area contributed by atoms with Crippen molar-refractivity contribution in [2.24, 2.45) is 0 Å². The van der Waals surface area contributed by atoms with Crippen molar-refractivity contribution < 1.29 is 13.9 Å². The fourth-order valence-electron chi connectivity index (χ4n) is 3.01. The molecule has 0 atom stereocenters. The van der Waals surface area contributed by atoms with Crippen molar-refractivity contribution in [2.75, 3.05) is 11.9 Å². The van der Waals surface area contributed by atoms with Crippen LogP contribution in [-0.2, 0) is 4.79 Å². The van der Waals surface area contributed by atoms with Crippen LogP contribution in [0.15, 0.2) is 57.7 Å². The number of nitrogens with zero attached hydrogens (tertiary/aromatic N) is 1. The molecule has 0 radical (unpaired) electrons. The smallest absolute Gasteiger partial charge is 0.346 e. The molecule has 8 heteroatoms. The quantitative estimate of drug-likeness (QED) is 0.366. The molecule has 2 aromatic heterocycles. The van der Waals surface area contributed by atoms with Gasteiger partial charge in [-0.15, -0.1) is 0 Å². The summed E-state index contributed by atoms with van der Waals surface area (Å²) in [6.07, 6.45) is 0. The second kappa shape index (κ2) is 7.73. The molecule has 6 nitrogen and oxygen atoms in total. The number of pyridine rings is 1. The number of hydrogen-bond acceptors (Lipinski definition) is 5. The van der Waals surface area contributed by atoms with Crippen molar-refractivity contribution >= 4 is 56.8 Å². The molecule has 0 saturated heterocycles. The predicted molar refractivity (Wildman–Crippen MR) is 113 cm³/mol. The Hall–Kier alpha value is -3.09. The highest BCUT2D eigenvalue weighted by Gasteiger charge is 2.14. The summed E-state index contributed by atoms with van der Waals surface area (Å²) < 4.78 is 10.8. The first kappa shape index (κ1) is 19.2. The van der Waals surface area contributed by atoms with Crippen LogP contribution in [0.2, 0.25) is 10.0 Å². The predicted octanol–water partition coefficient (Wildman–Crippen LogP) is 4.97. The monoisotopic (exact) mass is 428 g/mol. The van der Waals surface area contributed by atoms with E-state index in [1.807, 2.05) is 12.1 Å². The van der Waals surface area contributed by atoms with E-state index in [0.29, 0.717) is 49.0 Å². The van der Waals surface area contributed by atoms with Crippen LogP contribution in [0.25, 0.3) is 21.9 Å². The van der Waals surface area contributed by atoms with Gasteiger partial charge in [0.05, 0.1) is 15.9 Å². The van der Waals surface area contributed by atoms with Crippen molar-refractivity contribution in [3.63, 3.8) is 0 Å². The molecule has 0 bridgehead atoms. The minimum atomic E-state index is -0.470. The Labute approximate surface area is 175 Å². The Morgan fingerprint density at radius 3 is 2.76 bits per heavy atom. The van der Waals surface area contributed by atoms with Crippen molar-refractivity contribution in [2.45, 2.75) is 6.92 Å². The second-order valence-electron chi connectivity index (χ2n) is 6.35. The zero-order chi connectivity index (χ0) is 20.5. The van der Waals surface area contributed by atoms with Gasteiger partial charge in [-0.2, -0.15) is 0 Å². The van der Waals surface area contributed by atoms with Crippen molar-refractivity contribution in [3.8, 4) is 5.75 Å². The van der Waals surface area contributed by atoms with Crippen LogP contribution >= 0.6 is 23.2 Å². The maximum Gasteiger partial charge on any atom is 0.346 e. The lowest BCUT2D eigenvalue weighted by Gasteiger charge is -2.10. The highest BCUT2D eigenvalue weighted by molar-refractivity contribution is 6.35. The molecule has 0 spiro atoms. The average molecular weight is 429 g/mol. The van der Waals surface area contributed by atoms with E-state index in [2.05, 4.69) is 10.3 Å². The van der Waals surface area contributed by atoms with Gasteiger partial charge in [-0.1, -0.05) is 35.3 Å². The number of fused-ring (bicyclic) bond motifs is 3. The Bertz CT molecular complexity index is 1320. The molecule has 4 rings (SSSR count). The molecule has 1 amide bonds. The van der Waals surface area contributed by atoms with Gasteiger partial charge < -0.3 is 14.5 Å². The van der Waals surface area contributed by atoms with Gasteiger partial charge in [-0.05, 0) is 48.9 Å². The highest BCUT2D eigenvalue weighted by Crippen LogP contribution is 2.28. The molecular weight excluding hydrogens is 415 g/mol. The molecule has 0 aliphatic heterocycles. The summed E-state index contributed by atoms with van der Waals surface area (Å²) in [5.41, 5.74) is 1.07. The Morgan fingerprint density at radius 1 is 1.17 bits per heavy atom. The highest BCUT2D eigenvalue weighted by atomic mass is 35.5. The Morgan fingerprint density at radius 2 is 1.97 bits per heavy atom. The third kappa shape index (κ3) is 3.90. The van der Waals surface area contributed by atoms with Crippen LogP contribution in [0.5, 0.6) is 5.75 Å². The van der Waals surface area contributed by atoms with Crippen LogP contribution in [0.3, 0.4) is 0 Å². The van der Waals surface area contributed by atoms with Gasteiger partial charge in [-0.25, -0.2) is 9.78 Å². The molecule has 146 valence electrons. The zero-order valence-corrected chi connectivity index (χ0v) is 16.7. The lowest BCUT2D eigenvalue weighted by molar-refractivity contribution is -0.118. The van der Waals surface area contributed by atoms with E-state index in [9.17, 15) is 9.59 Å². The number of nitrogens with one attached hydrogen (secondary N) is 1. The SMILES string of the molecule is Cc1cc(NC(=O)COc2ccc(Cl)cc2Cl)nc2c1c(=O)oc1ccccc12. The van der Waals surface area contributed by atoms with Crippen LogP contribution < -0.4 is 15.7 Å². The molecule has 2 aromatic carbocycles. The Balaban J connectivity index is 1.61. The van der Waals surface area contributed by atoms with E-state index in [1.54, 1.807) is 37.3 Å². The molecule has 0 unspecified atom stereocenters. The maximum atomic E-state index is 12.3. The minimum Gasteiger partial charge on any atom is -0.482 e. The summed E-state index contributed by atoms with van der Waals surface area (Å²) in [6, 6.07) is 13.4. The van der Waals surface area contributed by atoms with Gasteiger partial charge in [0.15, 0.2) is 6.61 Å². The third-order valence-electron chi connectivity index (χ3n) is 4.29. The summed E-state index contributed by atoms with van der Waals surface area (Å²) in [4.78, 5) is 29.1. The second-order valence-corrected chi connectivity index (χ2v) is 7.19. The van der Waals surface area contributed by atoms with Gasteiger partial charge in [0.2, 0.25) is 0 Å². The molecule has 2 heterocycles. The number of amides is 1. The van der Waals surface area contributed by atoms with E-state index in [0.717, 1.165) is 0 Å². The van der Waals surface area contributed by atoms with Crippen LogP contribution in [0.4, 0.5) is 5.82 Å². The topological polar surface area (TPSA) is 81.4 Å². The first-order valence-corrected chi connectivity index (χ1v) is 9.39. The minimum absolute atomic E-state index is 0.266. The van der Waals surface area contributed by atoms with E-state index in [1.165, 1.54) is 6.07 Å². The van der Waals surface area contributed by atoms with Crippen molar-refractivity contribution in [3.05, 3.63) is 74.6 Å². The maximum absolute atomic E-state index is 12.3. The number of para-hydroxylation sites is 1. The average Bonchev–Trinajstić information content (AvgIpc) is 2.67. The Kier molecular flexibility index (Phi) is 5.13. The van der Waals surface area contributed by atoms with E-state index >= 15 is 0 Å². The van der Waals surface area contributed by atoms with Crippen molar-refractivity contribution in [1.29, 1.82) is 0 Å².